The average molecular weight is 366 g/mol. The highest BCUT2D eigenvalue weighted by Crippen LogP contribution is 2.31. The largest absolute Gasteiger partial charge is 0.465 e. The summed E-state index contributed by atoms with van der Waals surface area (Å²) < 4.78 is 18.6. The normalized spacial score (nSPS) is 23.7. The Balaban J connectivity index is 2.36. The van der Waals surface area contributed by atoms with Gasteiger partial charge in [0.15, 0.2) is 0 Å². The molecule has 0 aromatic heterocycles. The summed E-state index contributed by atoms with van der Waals surface area (Å²) in [6.45, 7) is 11.8. The first-order valence-electron chi connectivity index (χ1n) is 9.24. The van der Waals surface area contributed by atoms with E-state index in [0.717, 1.165) is 0 Å². The van der Waals surface area contributed by atoms with Gasteiger partial charge in [0.1, 0.15) is 11.9 Å². The summed E-state index contributed by atoms with van der Waals surface area (Å²) in [6.07, 6.45) is 0. The van der Waals surface area contributed by atoms with E-state index in [1.54, 1.807) is 19.1 Å². The van der Waals surface area contributed by atoms with Crippen LogP contribution in [0.2, 0.25) is 0 Å². The van der Waals surface area contributed by atoms with Gasteiger partial charge >= 0.3 is 5.97 Å². The van der Waals surface area contributed by atoms with Gasteiger partial charge in [0.2, 0.25) is 0 Å². The number of esters is 1. The molecule has 3 atom stereocenters. The molecule has 1 aromatic carbocycles. The monoisotopic (exact) mass is 366 g/mol. The number of carbonyl (C=O) groups excluding carboxylic acids is 1. The molecule has 26 heavy (non-hydrogen) atoms. The minimum atomic E-state index is -0.655. The predicted molar refractivity (Wildman–Crippen MR) is 99.3 cm³/mol. The molecule has 1 fully saturated rings. The number of aliphatic hydroxyl groups excluding tert-OH is 1. The van der Waals surface area contributed by atoms with Crippen LogP contribution in [0.1, 0.15) is 46.2 Å². The zero-order valence-corrected chi connectivity index (χ0v) is 16.4. The van der Waals surface area contributed by atoms with Crippen molar-refractivity contribution in [1.82, 2.24) is 9.80 Å². The number of benzene rings is 1. The third-order valence-electron chi connectivity index (χ3n) is 4.98. The number of piperazine rings is 1. The molecule has 0 amide bonds. The quantitative estimate of drug-likeness (QED) is 0.812. The smallest absolute Gasteiger partial charge is 0.328 e. The Kier molecular flexibility index (Phi) is 6.77. The van der Waals surface area contributed by atoms with Gasteiger partial charge in [0, 0.05) is 30.7 Å². The van der Waals surface area contributed by atoms with Crippen LogP contribution in [0.4, 0.5) is 4.39 Å². The molecule has 0 radical (unpaired) electrons. The predicted octanol–water partition coefficient (Wildman–Crippen LogP) is 2.60. The summed E-state index contributed by atoms with van der Waals surface area (Å²) in [5, 5.41) is 10.0. The number of rotatable bonds is 5. The molecule has 1 aliphatic heterocycles. The Hall–Kier alpha value is -1.50. The van der Waals surface area contributed by atoms with E-state index in [-0.39, 0.29) is 42.6 Å². The molecule has 1 aliphatic rings. The van der Waals surface area contributed by atoms with E-state index < -0.39 is 6.04 Å². The van der Waals surface area contributed by atoms with Gasteiger partial charge in [-0.05, 0) is 52.3 Å². The maximum absolute atomic E-state index is 13.4. The Morgan fingerprint density at radius 2 is 1.92 bits per heavy atom. The van der Waals surface area contributed by atoms with Gasteiger partial charge in [-0.15, -0.1) is 0 Å². The first kappa shape index (κ1) is 20.8. The minimum Gasteiger partial charge on any atom is -0.465 e. The SMILES string of the molecule is CCOC(=O)C(c1ccc(F)cc1)N1C[C@H](C)N(C(C)(C)C)C[C@H]1CO. The molecule has 1 heterocycles. The van der Waals surface area contributed by atoms with E-state index in [9.17, 15) is 14.3 Å². The van der Waals surface area contributed by atoms with E-state index in [4.69, 9.17) is 4.74 Å². The third kappa shape index (κ3) is 4.61. The van der Waals surface area contributed by atoms with Crippen LogP contribution in [0.3, 0.4) is 0 Å². The molecule has 0 bridgehead atoms. The first-order chi connectivity index (χ1) is 12.2. The fraction of sp³-hybridized carbons (Fsp3) is 0.650. The number of nitrogens with zero attached hydrogens (tertiary/aromatic N) is 2. The van der Waals surface area contributed by atoms with Crippen LogP contribution in [-0.2, 0) is 9.53 Å². The van der Waals surface area contributed by atoms with Gasteiger partial charge in [-0.1, -0.05) is 12.1 Å². The van der Waals surface area contributed by atoms with Gasteiger partial charge in [-0.3, -0.25) is 9.80 Å². The lowest BCUT2D eigenvalue weighted by Gasteiger charge is -2.51. The second-order valence-electron chi connectivity index (χ2n) is 7.91. The molecule has 146 valence electrons. The van der Waals surface area contributed by atoms with Crippen LogP contribution in [0, 0.1) is 5.82 Å². The summed E-state index contributed by atoms with van der Waals surface area (Å²) in [4.78, 5) is 17.1. The highest BCUT2D eigenvalue weighted by atomic mass is 19.1. The zero-order valence-electron chi connectivity index (χ0n) is 16.4. The van der Waals surface area contributed by atoms with Crippen LogP contribution in [-0.4, -0.2) is 64.8 Å². The van der Waals surface area contributed by atoms with Crippen molar-refractivity contribution in [3.05, 3.63) is 35.6 Å². The molecule has 2 rings (SSSR count). The highest BCUT2D eigenvalue weighted by molar-refractivity contribution is 5.77. The molecule has 0 saturated carbocycles. The van der Waals surface area contributed by atoms with Crippen LogP contribution in [0.25, 0.3) is 0 Å². The summed E-state index contributed by atoms with van der Waals surface area (Å²) in [6, 6.07) is 5.28. The van der Waals surface area contributed by atoms with Crippen molar-refractivity contribution in [1.29, 1.82) is 0 Å². The maximum Gasteiger partial charge on any atom is 0.328 e. The van der Waals surface area contributed by atoms with E-state index in [1.165, 1.54) is 12.1 Å². The Labute approximate surface area is 155 Å². The van der Waals surface area contributed by atoms with Gasteiger partial charge in [0.05, 0.1) is 13.2 Å². The average Bonchev–Trinajstić information content (AvgIpc) is 2.56. The highest BCUT2D eigenvalue weighted by Gasteiger charge is 2.42. The van der Waals surface area contributed by atoms with Crippen LogP contribution in [0.15, 0.2) is 24.3 Å². The third-order valence-corrected chi connectivity index (χ3v) is 4.98. The molecule has 1 aromatic rings. The number of ether oxygens (including phenoxy) is 1. The molecule has 1 unspecified atom stereocenters. The fourth-order valence-electron chi connectivity index (χ4n) is 3.81. The summed E-state index contributed by atoms with van der Waals surface area (Å²) >= 11 is 0. The fourth-order valence-corrected chi connectivity index (χ4v) is 3.81. The summed E-state index contributed by atoms with van der Waals surface area (Å²) in [7, 11) is 0. The Morgan fingerprint density at radius 1 is 1.31 bits per heavy atom. The lowest BCUT2D eigenvalue weighted by molar-refractivity contribution is -0.154. The number of aliphatic hydroxyl groups is 1. The van der Waals surface area contributed by atoms with E-state index in [0.29, 0.717) is 18.7 Å². The molecule has 6 heteroatoms. The van der Waals surface area contributed by atoms with E-state index >= 15 is 0 Å². The topological polar surface area (TPSA) is 53.0 Å². The second-order valence-corrected chi connectivity index (χ2v) is 7.91. The minimum absolute atomic E-state index is 0.0335. The molecular weight excluding hydrogens is 335 g/mol. The number of hydrogen-bond donors (Lipinski definition) is 1. The maximum atomic E-state index is 13.4. The van der Waals surface area contributed by atoms with E-state index in [2.05, 4.69) is 32.6 Å². The first-order valence-corrected chi connectivity index (χ1v) is 9.24. The summed E-state index contributed by atoms with van der Waals surface area (Å²) in [5.41, 5.74) is 0.647. The van der Waals surface area contributed by atoms with Crippen molar-refractivity contribution in [3.63, 3.8) is 0 Å². The standard InChI is InChI=1S/C20H31FN2O3/c1-6-26-19(25)18(15-7-9-16(21)10-8-15)22-11-14(2)23(20(3,4)5)12-17(22)13-24/h7-10,14,17-18,24H,6,11-13H2,1-5H3/t14-,17-,18?/m0/s1. The Morgan fingerprint density at radius 3 is 2.42 bits per heavy atom. The summed E-state index contributed by atoms with van der Waals surface area (Å²) in [5.74, 6) is -0.713. The van der Waals surface area contributed by atoms with Crippen molar-refractivity contribution < 1.29 is 19.0 Å². The van der Waals surface area contributed by atoms with Gasteiger partial charge in [-0.2, -0.15) is 0 Å². The zero-order chi connectivity index (χ0) is 19.5. The molecule has 5 nitrogen and oxygen atoms in total. The van der Waals surface area contributed by atoms with Gasteiger partial charge in [-0.25, -0.2) is 9.18 Å². The van der Waals surface area contributed by atoms with Gasteiger partial charge < -0.3 is 9.84 Å². The van der Waals surface area contributed by atoms with Crippen LogP contribution < -0.4 is 0 Å². The van der Waals surface area contributed by atoms with E-state index in [1.807, 2.05) is 4.90 Å². The molecule has 1 N–H and O–H groups in total. The number of hydrogen-bond acceptors (Lipinski definition) is 5. The van der Waals surface area contributed by atoms with Crippen molar-refractivity contribution in [2.45, 2.75) is 58.3 Å². The Bertz CT molecular complexity index is 600. The van der Waals surface area contributed by atoms with Crippen LogP contribution >= 0.6 is 0 Å². The lowest BCUT2D eigenvalue weighted by atomic mass is 9.95. The molecule has 0 aliphatic carbocycles. The number of carbonyl (C=O) groups is 1. The second kappa shape index (κ2) is 8.46. The van der Waals surface area contributed by atoms with Crippen LogP contribution in [0.5, 0.6) is 0 Å². The lowest BCUT2D eigenvalue weighted by Crippen LogP contribution is -2.64. The molecule has 1 saturated heterocycles. The van der Waals surface area contributed by atoms with Crippen molar-refractivity contribution >= 4 is 5.97 Å². The van der Waals surface area contributed by atoms with Crippen molar-refractivity contribution in [2.24, 2.45) is 0 Å². The number of halogens is 1. The van der Waals surface area contributed by atoms with Crippen molar-refractivity contribution in [2.75, 3.05) is 26.3 Å². The molecule has 0 spiro atoms. The van der Waals surface area contributed by atoms with Gasteiger partial charge in [0.25, 0.3) is 0 Å². The van der Waals surface area contributed by atoms with Crippen molar-refractivity contribution in [3.8, 4) is 0 Å². The molecular formula is C20H31FN2O3.